The van der Waals surface area contributed by atoms with Crippen molar-refractivity contribution in [1.29, 1.82) is 0 Å². The quantitative estimate of drug-likeness (QED) is 0.259. The van der Waals surface area contributed by atoms with Gasteiger partial charge in [0.2, 0.25) is 0 Å². The molecule has 2 rings (SSSR count). The fraction of sp³-hybridized carbons (Fsp3) is 0.250. The van der Waals surface area contributed by atoms with Crippen LogP contribution in [0.1, 0.15) is 17.3 Å². The number of Topliss-reactive ketones (excluding diaryl/α,β-unsaturated/α-hetero) is 1. The number of amides is 1. The normalized spacial score (nSPS) is 10.0. The number of methoxy groups -OCH3 is 2. The molecular weight excluding hydrogens is 412 g/mol. The number of nitrogens with one attached hydrogen (secondary N) is 1. The van der Waals surface area contributed by atoms with E-state index >= 15 is 0 Å². The second kappa shape index (κ2) is 10.6. The number of nitro benzene ring substituents is 1. The first-order chi connectivity index (χ1) is 14.7. The molecule has 0 heterocycles. The molecule has 1 amide bonds. The lowest BCUT2D eigenvalue weighted by atomic mass is 10.1. The summed E-state index contributed by atoms with van der Waals surface area (Å²) in [5.74, 6) is -1.07. The lowest BCUT2D eigenvalue weighted by Crippen LogP contribution is -2.24. The molecule has 31 heavy (non-hydrogen) atoms. The largest absolute Gasteiger partial charge is 0.494 e. The Hall–Kier alpha value is -4.15. The number of rotatable bonds is 10. The molecule has 11 nitrogen and oxygen atoms in total. The molecule has 0 spiro atoms. The molecule has 1 N–H and O–H groups in total. The van der Waals surface area contributed by atoms with Crippen molar-refractivity contribution in [1.82, 2.24) is 0 Å². The Morgan fingerprint density at radius 1 is 0.968 bits per heavy atom. The monoisotopic (exact) mass is 432 g/mol. The van der Waals surface area contributed by atoms with Crippen LogP contribution in [0.25, 0.3) is 0 Å². The molecular formula is C20H20N2O9. The van der Waals surface area contributed by atoms with Gasteiger partial charge in [0, 0.05) is 11.6 Å². The van der Waals surface area contributed by atoms with Crippen molar-refractivity contribution in [3.63, 3.8) is 0 Å². The second-order valence-electron chi connectivity index (χ2n) is 6.06. The minimum Gasteiger partial charge on any atom is -0.494 e. The van der Waals surface area contributed by atoms with Crippen LogP contribution >= 0.6 is 0 Å². The standard InChI is InChI=1S/C20H20N2O9/c1-12(23)13-4-7-16(18(8-13)29-3)30-11-20(25)31-10-19(24)21-15-6-5-14(22(26)27)9-17(15)28-2/h4-9H,10-11H2,1-3H3,(H,21,24). The lowest BCUT2D eigenvalue weighted by molar-refractivity contribution is -0.384. The van der Waals surface area contributed by atoms with Crippen LogP contribution in [0, 0.1) is 10.1 Å². The van der Waals surface area contributed by atoms with E-state index in [-0.39, 0.29) is 34.4 Å². The van der Waals surface area contributed by atoms with E-state index in [1.165, 1.54) is 51.5 Å². The predicted molar refractivity (Wildman–Crippen MR) is 108 cm³/mol. The van der Waals surface area contributed by atoms with Gasteiger partial charge in [-0.25, -0.2) is 4.79 Å². The number of non-ortho nitro benzene ring substituents is 1. The molecule has 2 aromatic rings. The third kappa shape index (κ3) is 6.42. The summed E-state index contributed by atoms with van der Waals surface area (Å²) < 4.78 is 20.3. The highest BCUT2D eigenvalue weighted by molar-refractivity contribution is 5.95. The maximum absolute atomic E-state index is 12.0. The van der Waals surface area contributed by atoms with Gasteiger partial charge in [0.25, 0.3) is 11.6 Å². The first-order valence-corrected chi connectivity index (χ1v) is 8.84. The number of hydrogen-bond acceptors (Lipinski definition) is 9. The van der Waals surface area contributed by atoms with Gasteiger partial charge < -0.3 is 24.3 Å². The van der Waals surface area contributed by atoms with Crippen LogP contribution in [-0.4, -0.2) is 50.0 Å². The minimum absolute atomic E-state index is 0.0818. The van der Waals surface area contributed by atoms with Gasteiger partial charge in [-0.15, -0.1) is 0 Å². The van der Waals surface area contributed by atoms with Crippen molar-refractivity contribution in [3.8, 4) is 17.2 Å². The van der Waals surface area contributed by atoms with Crippen molar-refractivity contribution in [2.45, 2.75) is 6.92 Å². The van der Waals surface area contributed by atoms with E-state index in [0.29, 0.717) is 5.56 Å². The van der Waals surface area contributed by atoms with Gasteiger partial charge in [0.05, 0.1) is 30.9 Å². The van der Waals surface area contributed by atoms with Gasteiger partial charge in [-0.2, -0.15) is 0 Å². The Balaban J connectivity index is 1.88. The van der Waals surface area contributed by atoms with E-state index in [1.807, 2.05) is 0 Å². The zero-order valence-electron chi connectivity index (χ0n) is 17.0. The number of hydrogen-bond donors (Lipinski definition) is 1. The number of ketones is 1. The Bertz CT molecular complexity index is 1000. The molecule has 11 heteroatoms. The number of benzene rings is 2. The molecule has 0 aliphatic rings. The number of carbonyl (C=O) groups is 3. The SMILES string of the molecule is COc1cc([N+](=O)[O-])ccc1NC(=O)COC(=O)COc1ccc(C(C)=O)cc1OC. The zero-order valence-corrected chi connectivity index (χ0v) is 17.0. The predicted octanol–water partition coefficient (Wildman–Crippen LogP) is 2.38. The Morgan fingerprint density at radius 2 is 1.68 bits per heavy atom. The highest BCUT2D eigenvalue weighted by atomic mass is 16.6. The van der Waals surface area contributed by atoms with Gasteiger partial charge in [-0.3, -0.25) is 19.7 Å². The molecule has 0 saturated carbocycles. The summed E-state index contributed by atoms with van der Waals surface area (Å²) in [5.41, 5.74) is 0.399. The van der Waals surface area contributed by atoms with Gasteiger partial charge in [0.1, 0.15) is 5.75 Å². The number of ether oxygens (including phenoxy) is 4. The maximum atomic E-state index is 12.0. The van der Waals surface area contributed by atoms with Crippen LogP contribution in [0.2, 0.25) is 0 Å². The summed E-state index contributed by atoms with van der Waals surface area (Å²) in [7, 11) is 2.69. The van der Waals surface area contributed by atoms with Crippen LogP contribution in [0.4, 0.5) is 11.4 Å². The first kappa shape index (κ1) is 23.1. The van der Waals surface area contributed by atoms with Gasteiger partial charge in [-0.05, 0) is 31.2 Å². The van der Waals surface area contributed by atoms with E-state index in [1.54, 1.807) is 0 Å². The van der Waals surface area contributed by atoms with Gasteiger partial charge >= 0.3 is 5.97 Å². The maximum Gasteiger partial charge on any atom is 0.344 e. The summed E-state index contributed by atoms with van der Waals surface area (Å²) in [4.78, 5) is 45.5. The molecule has 0 aromatic heterocycles. The fourth-order valence-electron chi connectivity index (χ4n) is 2.41. The van der Waals surface area contributed by atoms with E-state index in [9.17, 15) is 24.5 Å². The van der Waals surface area contributed by atoms with Crippen molar-refractivity contribution < 1.29 is 38.3 Å². The molecule has 2 aromatic carbocycles. The lowest BCUT2D eigenvalue weighted by Gasteiger charge is -2.12. The smallest absolute Gasteiger partial charge is 0.344 e. The number of anilines is 1. The van der Waals surface area contributed by atoms with Crippen LogP contribution < -0.4 is 19.5 Å². The highest BCUT2D eigenvalue weighted by Crippen LogP contribution is 2.29. The van der Waals surface area contributed by atoms with Crippen LogP contribution in [0.5, 0.6) is 17.2 Å². The summed E-state index contributed by atoms with van der Waals surface area (Å²) in [5, 5.41) is 13.2. The van der Waals surface area contributed by atoms with E-state index in [2.05, 4.69) is 5.32 Å². The molecule has 0 fully saturated rings. The number of carbonyl (C=O) groups excluding carboxylic acids is 3. The Kier molecular flexibility index (Phi) is 7.89. The molecule has 164 valence electrons. The van der Waals surface area contributed by atoms with Crippen LogP contribution in [-0.2, 0) is 14.3 Å². The van der Waals surface area contributed by atoms with Crippen LogP contribution in [0.3, 0.4) is 0 Å². The van der Waals surface area contributed by atoms with Gasteiger partial charge in [-0.1, -0.05) is 0 Å². The fourth-order valence-corrected chi connectivity index (χ4v) is 2.41. The molecule has 0 aliphatic carbocycles. The second-order valence-corrected chi connectivity index (χ2v) is 6.06. The van der Waals surface area contributed by atoms with E-state index in [4.69, 9.17) is 18.9 Å². The number of nitro groups is 1. The summed E-state index contributed by atoms with van der Waals surface area (Å²) in [6, 6.07) is 8.14. The van der Waals surface area contributed by atoms with Crippen molar-refractivity contribution in [3.05, 3.63) is 52.1 Å². The van der Waals surface area contributed by atoms with E-state index in [0.717, 1.165) is 6.07 Å². The van der Waals surface area contributed by atoms with Crippen molar-refractivity contribution in [2.24, 2.45) is 0 Å². The molecule has 0 bridgehead atoms. The molecule has 0 unspecified atom stereocenters. The third-order valence-corrected chi connectivity index (χ3v) is 3.95. The Labute approximate surface area is 177 Å². The number of nitrogens with zero attached hydrogens (tertiary/aromatic N) is 1. The van der Waals surface area contributed by atoms with Crippen molar-refractivity contribution in [2.75, 3.05) is 32.8 Å². The minimum atomic E-state index is -0.816. The first-order valence-electron chi connectivity index (χ1n) is 8.84. The third-order valence-electron chi connectivity index (χ3n) is 3.95. The van der Waals surface area contributed by atoms with Crippen LogP contribution in [0.15, 0.2) is 36.4 Å². The highest BCUT2D eigenvalue weighted by Gasteiger charge is 2.15. The topological polar surface area (TPSA) is 143 Å². The zero-order chi connectivity index (χ0) is 23.0. The summed E-state index contributed by atoms with van der Waals surface area (Å²) >= 11 is 0. The van der Waals surface area contributed by atoms with Gasteiger partial charge in [0.15, 0.2) is 30.5 Å². The molecule has 0 saturated heterocycles. The Morgan fingerprint density at radius 3 is 2.29 bits per heavy atom. The molecule has 0 atom stereocenters. The molecule has 0 aliphatic heterocycles. The summed E-state index contributed by atoms with van der Waals surface area (Å²) in [6.07, 6.45) is 0. The average Bonchev–Trinajstić information content (AvgIpc) is 2.76. The number of esters is 1. The average molecular weight is 432 g/mol. The molecule has 0 radical (unpaired) electrons. The van der Waals surface area contributed by atoms with E-state index < -0.39 is 30.0 Å². The summed E-state index contributed by atoms with van der Waals surface area (Å²) in [6.45, 7) is 0.302. The van der Waals surface area contributed by atoms with Crippen molar-refractivity contribution >= 4 is 29.0 Å².